The van der Waals surface area contributed by atoms with Crippen LogP contribution in [-0.2, 0) is 14.8 Å². The van der Waals surface area contributed by atoms with Gasteiger partial charge in [-0.25, -0.2) is 8.42 Å². The zero-order valence-electron chi connectivity index (χ0n) is 22.7. The fourth-order valence-electron chi connectivity index (χ4n) is 4.42. The summed E-state index contributed by atoms with van der Waals surface area (Å²) in [4.78, 5) is 33.1. The number of ether oxygens (including phenoxy) is 1. The van der Waals surface area contributed by atoms with E-state index >= 15 is 0 Å². The third kappa shape index (κ3) is 7.82. The van der Waals surface area contributed by atoms with Crippen molar-refractivity contribution < 1.29 is 22.7 Å². The van der Waals surface area contributed by atoms with E-state index in [9.17, 15) is 18.0 Å². The van der Waals surface area contributed by atoms with E-state index in [1.54, 1.807) is 65.8 Å². The first kappa shape index (κ1) is 30.3. The van der Waals surface area contributed by atoms with E-state index in [0.29, 0.717) is 53.2 Å². The molecule has 0 atom stereocenters. The summed E-state index contributed by atoms with van der Waals surface area (Å²) in [5.41, 5.74) is 1.22. The molecule has 3 aromatic carbocycles. The Labute approximate surface area is 259 Å². The summed E-state index contributed by atoms with van der Waals surface area (Å²) < 4.78 is 34.8. The van der Waals surface area contributed by atoms with Crippen LogP contribution in [0, 0.1) is 0 Å². The van der Waals surface area contributed by atoms with Gasteiger partial charge in [0.2, 0.25) is 5.91 Å². The molecule has 10 nitrogen and oxygen atoms in total. The van der Waals surface area contributed by atoms with Crippen LogP contribution < -0.4 is 14.8 Å². The Morgan fingerprint density at radius 3 is 2.33 bits per heavy atom. The quantitative estimate of drug-likeness (QED) is 0.252. The third-order valence-electron chi connectivity index (χ3n) is 6.63. The molecule has 0 radical (unpaired) electrons. The largest absolute Gasteiger partial charge is 0.455 e. The van der Waals surface area contributed by atoms with E-state index in [1.807, 2.05) is 4.90 Å². The molecule has 2 N–H and O–H groups in total. The van der Waals surface area contributed by atoms with Gasteiger partial charge in [0.1, 0.15) is 5.75 Å². The number of carbonyl (C=O) groups excluding carboxylic acids is 2. The zero-order chi connectivity index (χ0) is 30.4. The fraction of sp³-hybridized carbons (Fsp3) is 0.167. The van der Waals surface area contributed by atoms with Crippen molar-refractivity contribution in [3.8, 4) is 11.5 Å². The fourth-order valence-corrected chi connectivity index (χ4v) is 5.78. The molecule has 0 aliphatic carbocycles. The molecule has 2 amide bonds. The summed E-state index contributed by atoms with van der Waals surface area (Å²) in [5.74, 6) is 0.293. The van der Waals surface area contributed by atoms with Crippen LogP contribution >= 0.6 is 23.2 Å². The van der Waals surface area contributed by atoms with Gasteiger partial charge in [-0.2, -0.15) is 0 Å². The Bertz CT molecular complexity index is 1710. The SMILES string of the molecule is O=C(CN1CCN(C(=O)c2ccc(S(=O)(=O)Nc3ccccc3Oc3ccc(Cl)c(Cl)c3)cc2)CC1)Nc1cccnc1. The summed E-state index contributed by atoms with van der Waals surface area (Å²) in [6, 6.07) is 20.6. The molecule has 13 heteroatoms. The van der Waals surface area contributed by atoms with Crippen LogP contribution in [0.2, 0.25) is 10.0 Å². The monoisotopic (exact) mass is 639 g/mol. The predicted octanol–water partition coefficient (Wildman–Crippen LogP) is 5.38. The van der Waals surface area contributed by atoms with Crippen molar-refractivity contribution in [1.82, 2.24) is 14.8 Å². The predicted molar refractivity (Wildman–Crippen MR) is 165 cm³/mol. The summed E-state index contributed by atoms with van der Waals surface area (Å²) in [7, 11) is -4.00. The summed E-state index contributed by atoms with van der Waals surface area (Å²) in [5, 5.41) is 3.48. The lowest BCUT2D eigenvalue weighted by molar-refractivity contribution is -0.117. The van der Waals surface area contributed by atoms with Gasteiger partial charge in [0.05, 0.1) is 39.1 Å². The second-order valence-corrected chi connectivity index (χ2v) is 12.2. The minimum atomic E-state index is -4.00. The van der Waals surface area contributed by atoms with Crippen molar-refractivity contribution >= 4 is 56.4 Å². The van der Waals surface area contributed by atoms with Crippen LogP contribution in [0.1, 0.15) is 10.4 Å². The van der Waals surface area contributed by atoms with Gasteiger partial charge < -0.3 is 15.0 Å². The van der Waals surface area contributed by atoms with Crippen molar-refractivity contribution in [1.29, 1.82) is 0 Å². The number of nitrogens with zero attached hydrogens (tertiary/aromatic N) is 3. The molecule has 1 aliphatic heterocycles. The number of hydrogen-bond donors (Lipinski definition) is 2. The van der Waals surface area contributed by atoms with Gasteiger partial charge in [0.25, 0.3) is 15.9 Å². The lowest BCUT2D eigenvalue weighted by Crippen LogP contribution is -2.50. The molecule has 1 aliphatic rings. The van der Waals surface area contributed by atoms with Crippen LogP contribution in [0.25, 0.3) is 0 Å². The normalized spacial score (nSPS) is 13.8. The van der Waals surface area contributed by atoms with Gasteiger partial charge in [-0.15, -0.1) is 0 Å². The third-order valence-corrected chi connectivity index (χ3v) is 8.75. The molecule has 4 aromatic rings. The maximum absolute atomic E-state index is 13.2. The minimum absolute atomic E-state index is 0.0159. The van der Waals surface area contributed by atoms with Crippen molar-refractivity contribution in [2.75, 3.05) is 42.8 Å². The van der Waals surface area contributed by atoms with Gasteiger partial charge in [-0.3, -0.25) is 24.2 Å². The summed E-state index contributed by atoms with van der Waals surface area (Å²) >= 11 is 12.0. The molecule has 0 unspecified atom stereocenters. The van der Waals surface area contributed by atoms with E-state index in [2.05, 4.69) is 15.0 Å². The first-order valence-electron chi connectivity index (χ1n) is 13.2. The van der Waals surface area contributed by atoms with Crippen LogP contribution in [0.15, 0.2) is 96.2 Å². The Morgan fingerprint density at radius 2 is 1.63 bits per heavy atom. The molecule has 1 fully saturated rings. The molecule has 2 heterocycles. The van der Waals surface area contributed by atoms with Gasteiger partial charge >= 0.3 is 0 Å². The van der Waals surface area contributed by atoms with Gasteiger partial charge in [0, 0.05) is 44.0 Å². The highest BCUT2D eigenvalue weighted by Crippen LogP contribution is 2.34. The number of amides is 2. The maximum Gasteiger partial charge on any atom is 0.262 e. The number of pyridine rings is 1. The van der Waals surface area contributed by atoms with Crippen molar-refractivity contribution in [3.05, 3.63) is 107 Å². The molecule has 1 saturated heterocycles. The number of hydrogen-bond acceptors (Lipinski definition) is 7. The topological polar surface area (TPSA) is 121 Å². The molecular formula is C30H27Cl2N5O5S. The Morgan fingerprint density at radius 1 is 0.884 bits per heavy atom. The highest BCUT2D eigenvalue weighted by Gasteiger charge is 2.24. The van der Waals surface area contributed by atoms with Gasteiger partial charge in [0.15, 0.2) is 5.75 Å². The highest BCUT2D eigenvalue weighted by molar-refractivity contribution is 7.92. The smallest absolute Gasteiger partial charge is 0.262 e. The van der Waals surface area contributed by atoms with Crippen LogP contribution in [0.4, 0.5) is 11.4 Å². The van der Waals surface area contributed by atoms with Crippen LogP contribution in [0.5, 0.6) is 11.5 Å². The van der Waals surface area contributed by atoms with E-state index in [1.165, 1.54) is 30.3 Å². The second kappa shape index (κ2) is 13.4. The van der Waals surface area contributed by atoms with E-state index in [-0.39, 0.29) is 34.7 Å². The number of aromatic nitrogens is 1. The number of sulfonamides is 1. The van der Waals surface area contributed by atoms with Gasteiger partial charge in [-0.1, -0.05) is 35.3 Å². The molecule has 0 saturated carbocycles. The first-order valence-corrected chi connectivity index (χ1v) is 15.5. The Hall–Kier alpha value is -4.16. The number of nitrogens with one attached hydrogen (secondary N) is 2. The number of anilines is 2. The summed E-state index contributed by atoms with van der Waals surface area (Å²) in [6.07, 6.45) is 3.21. The Balaban J connectivity index is 1.17. The van der Waals surface area contributed by atoms with Crippen LogP contribution in [0.3, 0.4) is 0 Å². The molecule has 1 aromatic heterocycles. The maximum atomic E-state index is 13.2. The average Bonchev–Trinajstić information content (AvgIpc) is 3.00. The molecule has 0 bridgehead atoms. The van der Waals surface area contributed by atoms with Crippen LogP contribution in [-0.4, -0.2) is 67.7 Å². The standard InChI is InChI=1S/C30H27Cl2N5O5S/c31-25-12-9-23(18-26(25)32)42-28-6-2-1-5-27(28)35-43(40,41)24-10-7-21(8-11-24)30(39)37-16-14-36(15-17-37)20-29(38)34-22-4-3-13-33-19-22/h1-13,18-19,35H,14-17,20H2,(H,34,38). The first-order chi connectivity index (χ1) is 20.7. The lowest BCUT2D eigenvalue weighted by atomic mass is 10.2. The number of rotatable bonds is 9. The molecule has 222 valence electrons. The van der Waals surface area contributed by atoms with Crippen molar-refractivity contribution in [2.24, 2.45) is 0 Å². The second-order valence-electron chi connectivity index (χ2n) is 9.66. The van der Waals surface area contributed by atoms with E-state index in [4.69, 9.17) is 27.9 Å². The Kier molecular flexibility index (Phi) is 9.46. The van der Waals surface area contributed by atoms with Gasteiger partial charge in [-0.05, 0) is 60.7 Å². The zero-order valence-corrected chi connectivity index (χ0v) is 25.1. The van der Waals surface area contributed by atoms with E-state index < -0.39 is 10.0 Å². The molecular weight excluding hydrogens is 613 g/mol. The minimum Gasteiger partial charge on any atom is -0.455 e. The average molecular weight is 641 g/mol. The molecule has 43 heavy (non-hydrogen) atoms. The number of benzene rings is 3. The molecule has 0 spiro atoms. The highest BCUT2D eigenvalue weighted by atomic mass is 35.5. The number of para-hydroxylation sites is 2. The number of halogens is 2. The molecule has 5 rings (SSSR count). The number of carbonyl (C=O) groups is 2. The van der Waals surface area contributed by atoms with Crippen molar-refractivity contribution in [2.45, 2.75) is 4.90 Å². The summed E-state index contributed by atoms with van der Waals surface area (Å²) in [6.45, 7) is 2.16. The number of piperazine rings is 1. The lowest BCUT2D eigenvalue weighted by Gasteiger charge is -2.34. The van der Waals surface area contributed by atoms with E-state index in [0.717, 1.165) is 0 Å². The van der Waals surface area contributed by atoms with Crippen molar-refractivity contribution in [3.63, 3.8) is 0 Å².